The van der Waals surface area contributed by atoms with Crippen LogP contribution < -0.4 is 5.32 Å². The van der Waals surface area contributed by atoms with Crippen molar-refractivity contribution in [2.45, 2.75) is 13.2 Å². The number of nitrogens with one attached hydrogen (secondary N) is 1. The number of anilines is 1. The molecule has 3 rings (SSSR count). The first-order chi connectivity index (χ1) is 10.8. The summed E-state index contributed by atoms with van der Waals surface area (Å²) in [6.45, 7) is 1.11. The molecule has 0 amide bonds. The highest BCUT2D eigenvalue weighted by molar-refractivity contribution is 7.09. The molecule has 22 heavy (non-hydrogen) atoms. The summed E-state index contributed by atoms with van der Waals surface area (Å²) in [6, 6.07) is 6.53. The van der Waals surface area contributed by atoms with Crippen LogP contribution in [0.15, 0.2) is 42.0 Å². The number of hydrogen-bond donors (Lipinski definition) is 1. The zero-order valence-corrected chi connectivity index (χ0v) is 12.8. The van der Waals surface area contributed by atoms with Gasteiger partial charge in [0, 0.05) is 12.5 Å². The smallest absolute Gasteiger partial charge is 0.148 e. The molecule has 5 nitrogen and oxygen atoms in total. The van der Waals surface area contributed by atoms with E-state index >= 15 is 0 Å². The standard InChI is InChI=1S/C15H15FN4OS/c1-21-9-15-19-12(10-22-15)6-17-11-7-18-20(8-11)14-5-3-2-4-13(14)16/h2-5,7-8,10,17H,6,9H2,1H3. The van der Waals surface area contributed by atoms with E-state index in [2.05, 4.69) is 15.4 Å². The highest BCUT2D eigenvalue weighted by Gasteiger charge is 2.06. The lowest BCUT2D eigenvalue weighted by Gasteiger charge is -2.02. The molecule has 1 N–H and O–H groups in total. The number of methoxy groups -OCH3 is 1. The van der Waals surface area contributed by atoms with Gasteiger partial charge in [0.05, 0.1) is 36.9 Å². The quantitative estimate of drug-likeness (QED) is 0.758. The van der Waals surface area contributed by atoms with Crippen LogP contribution in [0.3, 0.4) is 0 Å². The summed E-state index contributed by atoms with van der Waals surface area (Å²) in [5.41, 5.74) is 2.17. The summed E-state index contributed by atoms with van der Waals surface area (Å²) in [5, 5.41) is 10.3. The number of ether oxygens (including phenoxy) is 1. The second-order valence-electron chi connectivity index (χ2n) is 4.64. The molecule has 0 saturated heterocycles. The van der Waals surface area contributed by atoms with E-state index in [4.69, 9.17) is 4.74 Å². The van der Waals surface area contributed by atoms with E-state index in [9.17, 15) is 4.39 Å². The number of halogens is 1. The number of benzene rings is 1. The molecule has 3 aromatic rings. The predicted octanol–water partition coefficient (Wildman–Crippen LogP) is 3.23. The molecule has 2 heterocycles. The van der Waals surface area contributed by atoms with E-state index in [-0.39, 0.29) is 5.82 Å². The molecule has 0 radical (unpaired) electrons. The van der Waals surface area contributed by atoms with Crippen molar-refractivity contribution in [3.8, 4) is 5.69 Å². The average molecular weight is 318 g/mol. The lowest BCUT2D eigenvalue weighted by atomic mass is 10.3. The van der Waals surface area contributed by atoms with Gasteiger partial charge in [-0.25, -0.2) is 14.1 Å². The van der Waals surface area contributed by atoms with E-state index in [0.717, 1.165) is 16.4 Å². The fourth-order valence-corrected chi connectivity index (χ4v) is 2.76. The second kappa shape index (κ2) is 6.67. The molecule has 0 unspecified atom stereocenters. The van der Waals surface area contributed by atoms with Gasteiger partial charge in [-0.05, 0) is 12.1 Å². The fourth-order valence-electron chi connectivity index (χ4n) is 2.00. The van der Waals surface area contributed by atoms with Crippen molar-refractivity contribution in [3.63, 3.8) is 0 Å². The number of thiazole rings is 1. The van der Waals surface area contributed by atoms with Crippen LogP contribution in [0.4, 0.5) is 10.1 Å². The van der Waals surface area contributed by atoms with Crippen LogP contribution in [0.5, 0.6) is 0 Å². The number of hydrogen-bond acceptors (Lipinski definition) is 5. The normalized spacial score (nSPS) is 10.8. The van der Waals surface area contributed by atoms with Crippen LogP contribution in [0.2, 0.25) is 0 Å². The molecular formula is C15H15FN4OS. The Hall–Kier alpha value is -2.25. The first-order valence-electron chi connectivity index (χ1n) is 6.72. The van der Waals surface area contributed by atoms with Crippen LogP contribution in [-0.4, -0.2) is 21.9 Å². The van der Waals surface area contributed by atoms with Gasteiger partial charge in [-0.1, -0.05) is 12.1 Å². The van der Waals surface area contributed by atoms with E-state index in [1.165, 1.54) is 10.7 Å². The lowest BCUT2D eigenvalue weighted by molar-refractivity contribution is 0.184. The topological polar surface area (TPSA) is 52.0 Å². The van der Waals surface area contributed by atoms with Gasteiger partial charge < -0.3 is 10.1 Å². The molecule has 0 saturated carbocycles. The van der Waals surface area contributed by atoms with Crippen molar-refractivity contribution in [2.75, 3.05) is 12.4 Å². The predicted molar refractivity (Wildman–Crippen MR) is 83.7 cm³/mol. The van der Waals surface area contributed by atoms with Gasteiger partial charge in [0.15, 0.2) is 0 Å². The van der Waals surface area contributed by atoms with Crippen LogP contribution in [0, 0.1) is 5.82 Å². The van der Waals surface area contributed by atoms with Gasteiger partial charge in [-0.2, -0.15) is 5.10 Å². The van der Waals surface area contributed by atoms with Gasteiger partial charge in [0.1, 0.15) is 16.5 Å². The molecule has 1 aromatic carbocycles. The monoisotopic (exact) mass is 318 g/mol. The van der Waals surface area contributed by atoms with E-state index < -0.39 is 0 Å². The minimum atomic E-state index is -0.305. The third-order valence-corrected chi connectivity index (χ3v) is 3.89. The van der Waals surface area contributed by atoms with Crippen molar-refractivity contribution in [3.05, 3.63) is 58.6 Å². The number of para-hydroxylation sites is 1. The van der Waals surface area contributed by atoms with Crippen molar-refractivity contribution in [1.82, 2.24) is 14.8 Å². The summed E-state index contributed by atoms with van der Waals surface area (Å²) < 4.78 is 20.3. The molecule has 7 heteroatoms. The maximum absolute atomic E-state index is 13.7. The third-order valence-electron chi connectivity index (χ3n) is 3.02. The Morgan fingerprint density at radius 3 is 3.05 bits per heavy atom. The molecule has 0 aliphatic rings. The minimum Gasteiger partial charge on any atom is -0.378 e. The summed E-state index contributed by atoms with van der Waals surface area (Å²) in [6.07, 6.45) is 3.41. The summed E-state index contributed by atoms with van der Waals surface area (Å²) in [7, 11) is 1.65. The van der Waals surface area contributed by atoms with Crippen molar-refractivity contribution in [1.29, 1.82) is 0 Å². The molecule has 114 valence electrons. The third kappa shape index (κ3) is 3.32. The number of aromatic nitrogens is 3. The van der Waals surface area contributed by atoms with Gasteiger partial charge >= 0.3 is 0 Å². The van der Waals surface area contributed by atoms with Crippen molar-refractivity contribution >= 4 is 17.0 Å². The van der Waals surface area contributed by atoms with Crippen molar-refractivity contribution < 1.29 is 9.13 Å². The number of rotatable bonds is 6. The molecular weight excluding hydrogens is 303 g/mol. The molecule has 0 aliphatic heterocycles. The fraction of sp³-hybridized carbons (Fsp3) is 0.200. The molecule has 0 spiro atoms. The zero-order valence-electron chi connectivity index (χ0n) is 12.0. The van der Waals surface area contributed by atoms with Gasteiger partial charge in [-0.3, -0.25) is 0 Å². The van der Waals surface area contributed by atoms with Crippen LogP contribution in [0.1, 0.15) is 10.7 Å². The van der Waals surface area contributed by atoms with E-state index in [0.29, 0.717) is 18.8 Å². The Morgan fingerprint density at radius 2 is 2.23 bits per heavy atom. The van der Waals surface area contributed by atoms with Gasteiger partial charge in [-0.15, -0.1) is 11.3 Å². The Morgan fingerprint density at radius 1 is 1.36 bits per heavy atom. The van der Waals surface area contributed by atoms with E-state index in [1.807, 2.05) is 5.38 Å². The highest BCUT2D eigenvalue weighted by atomic mass is 32.1. The molecule has 0 aliphatic carbocycles. The molecule has 2 aromatic heterocycles. The Labute approximate surface area is 131 Å². The average Bonchev–Trinajstić information content (AvgIpc) is 3.15. The molecule has 0 fully saturated rings. The van der Waals surface area contributed by atoms with Gasteiger partial charge in [0.2, 0.25) is 0 Å². The SMILES string of the molecule is COCc1nc(CNc2cnn(-c3ccccc3F)c2)cs1. The Bertz CT molecular complexity index is 755. The summed E-state index contributed by atoms with van der Waals surface area (Å²) >= 11 is 1.57. The largest absolute Gasteiger partial charge is 0.378 e. The summed E-state index contributed by atoms with van der Waals surface area (Å²) in [4.78, 5) is 4.44. The van der Waals surface area contributed by atoms with Crippen molar-refractivity contribution in [2.24, 2.45) is 0 Å². The zero-order chi connectivity index (χ0) is 15.4. The van der Waals surface area contributed by atoms with Gasteiger partial charge in [0.25, 0.3) is 0 Å². The van der Waals surface area contributed by atoms with E-state index in [1.54, 1.807) is 49.0 Å². The second-order valence-corrected chi connectivity index (χ2v) is 5.59. The highest BCUT2D eigenvalue weighted by Crippen LogP contribution is 2.16. The molecule has 0 bridgehead atoms. The molecule has 0 atom stereocenters. The van der Waals surface area contributed by atoms with Crippen LogP contribution in [-0.2, 0) is 17.9 Å². The maximum atomic E-state index is 13.7. The Kier molecular flexibility index (Phi) is 4.45. The first kappa shape index (κ1) is 14.7. The Balaban J connectivity index is 1.65. The lowest BCUT2D eigenvalue weighted by Crippen LogP contribution is -2.00. The van der Waals surface area contributed by atoms with Crippen LogP contribution in [0.25, 0.3) is 5.69 Å². The summed E-state index contributed by atoms with van der Waals surface area (Å²) in [5.74, 6) is -0.305. The number of nitrogens with zero attached hydrogens (tertiary/aromatic N) is 3. The minimum absolute atomic E-state index is 0.305. The maximum Gasteiger partial charge on any atom is 0.148 e. The first-order valence-corrected chi connectivity index (χ1v) is 7.60. The van der Waals surface area contributed by atoms with Crippen LogP contribution >= 0.6 is 11.3 Å².